The van der Waals surface area contributed by atoms with E-state index in [-0.39, 0.29) is 36.8 Å². The van der Waals surface area contributed by atoms with Crippen molar-refractivity contribution in [2.45, 2.75) is 42.8 Å². The van der Waals surface area contributed by atoms with E-state index in [1.807, 2.05) is 19.1 Å². The number of likely N-dealkylation sites (tertiary alicyclic amines) is 1. The minimum Gasteiger partial charge on any atom is -0.481 e. The molecule has 9 nitrogen and oxygen atoms in total. The third-order valence-corrected chi connectivity index (χ3v) is 7.76. The zero-order chi connectivity index (χ0) is 25.3. The number of nitrogens with one attached hydrogen (secondary N) is 2. The summed E-state index contributed by atoms with van der Waals surface area (Å²) in [6.45, 7) is 4.11. The lowest BCUT2D eigenvalue weighted by molar-refractivity contribution is -0.113. The van der Waals surface area contributed by atoms with Crippen molar-refractivity contribution >= 4 is 59.3 Å². The molecule has 1 fully saturated rings. The van der Waals surface area contributed by atoms with Crippen molar-refractivity contribution in [2.75, 3.05) is 37.8 Å². The van der Waals surface area contributed by atoms with Gasteiger partial charge in [-0.05, 0) is 44.5 Å². The number of hydrogen-bond donors (Lipinski definition) is 3. The Balaban J connectivity index is 0.00000200. The van der Waals surface area contributed by atoms with Gasteiger partial charge in [0.1, 0.15) is 11.6 Å². The highest BCUT2D eigenvalue weighted by Crippen LogP contribution is 2.30. The molecule has 2 aliphatic rings. The van der Waals surface area contributed by atoms with Gasteiger partial charge in [-0.2, -0.15) is 0 Å². The maximum absolute atomic E-state index is 14.7. The second-order valence-corrected chi connectivity index (χ2v) is 10.4. The van der Waals surface area contributed by atoms with E-state index in [1.54, 1.807) is 12.1 Å². The molecule has 0 saturated carbocycles. The molecule has 0 unspecified atom stereocenters. The number of hydrogen-bond acceptors (Lipinski definition) is 9. The van der Waals surface area contributed by atoms with E-state index in [2.05, 4.69) is 30.5 Å². The number of thioether (sulfide) groups is 1. The normalized spacial score (nSPS) is 21.2. The van der Waals surface area contributed by atoms with Gasteiger partial charge < -0.3 is 25.4 Å². The number of rotatable bonds is 7. The maximum atomic E-state index is 14.7. The van der Waals surface area contributed by atoms with Crippen LogP contribution in [-0.4, -0.2) is 75.0 Å². The molecule has 1 amide bonds. The van der Waals surface area contributed by atoms with Crippen molar-refractivity contribution in [3.05, 3.63) is 47.5 Å². The quantitative estimate of drug-likeness (QED) is 0.385. The van der Waals surface area contributed by atoms with Gasteiger partial charge in [0.2, 0.25) is 11.8 Å². The number of halogens is 3. The molecule has 3 N–H and O–H groups in total. The van der Waals surface area contributed by atoms with Crippen molar-refractivity contribution in [3.63, 3.8) is 0 Å². The van der Waals surface area contributed by atoms with E-state index in [0.29, 0.717) is 60.1 Å². The number of fused-ring (bicyclic) bond motifs is 2. The second kappa shape index (κ2) is 12.7. The number of pyridine rings is 3. The molecule has 13 heteroatoms. The summed E-state index contributed by atoms with van der Waals surface area (Å²) < 4.78 is 19.9. The Kier molecular flexibility index (Phi) is 10.1. The lowest BCUT2D eigenvalue weighted by Crippen LogP contribution is -2.60. The minimum absolute atomic E-state index is 0. The predicted octanol–water partition coefficient (Wildman–Crippen LogP) is 3.22. The average molecular weight is 586 g/mol. The molecule has 38 heavy (non-hydrogen) atoms. The van der Waals surface area contributed by atoms with Gasteiger partial charge in [0.25, 0.3) is 0 Å². The number of nitrogens with zero attached hydrogens (tertiary/aromatic N) is 4. The minimum atomic E-state index is -0.975. The molecule has 0 bridgehead atoms. The molecule has 206 valence electrons. The number of anilines is 1. The predicted molar refractivity (Wildman–Crippen MR) is 150 cm³/mol. The topological polar surface area (TPSA) is 112 Å². The van der Waals surface area contributed by atoms with Crippen LogP contribution in [0.3, 0.4) is 0 Å². The van der Waals surface area contributed by atoms with Gasteiger partial charge in [-0.3, -0.25) is 9.78 Å². The molecule has 5 heterocycles. The van der Waals surface area contributed by atoms with Crippen LogP contribution in [0.25, 0.3) is 11.0 Å². The van der Waals surface area contributed by atoms with Gasteiger partial charge in [-0.1, -0.05) is 0 Å². The summed E-state index contributed by atoms with van der Waals surface area (Å²) in [7, 11) is 1.53. The Bertz CT molecular complexity index is 1300. The molecule has 0 radical (unpaired) electrons. The smallest absolute Gasteiger partial charge is 0.235 e. The molecule has 1 saturated heterocycles. The zero-order valence-corrected chi connectivity index (χ0v) is 23.5. The van der Waals surface area contributed by atoms with Gasteiger partial charge in [-0.25, -0.2) is 14.4 Å². The van der Waals surface area contributed by atoms with E-state index >= 15 is 0 Å². The number of ether oxygens (including phenoxy) is 1. The summed E-state index contributed by atoms with van der Waals surface area (Å²) in [4.78, 5) is 27.9. The van der Waals surface area contributed by atoms with Crippen LogP contribution >= 0.6 is 36.6 Å². The van der Waals surface area contributed by atoms with Crippen molar-refractivity contribution in [3.8, 4) is 5.88 Å². The van der Waals surface area contributed by atoms with Gasteiger partial charge in [0.05, 0.1) is 46.3 Å². The van der Waals surface area contributed by atoms with Crippen molar-refractivity contribution in [2.24, 2.45) is 0 Å². The third-order valence-electron chi connectivity index (χ3n) is 6.72. The highest BCUT2D eigenvalue weighted by molar-refractivity contribution is 8.00. The van der Waals surface area contributed by atoms with Gasteiger partial charge in [-0.15, -0.1) is 36.6 Å². The van der Waals surface area contributed by atoms with Crippen LogP contribution in [0, 0.1) is 5.82 Å². The molecule has 2 aliphatic heterocycles. The summed E-state index contributed by atoms with van der Waals surface area (Å²) in [6, 6.07) is 7.27. The Hall–Kier alpha value is -2.28. The van der Waals surface area contributed by atoms with Crippen LogP contribution in [-0.2, 0) is 17.8 Å². The number of aliphatic hydroxyl groups is 1. The lowest BCUT2D eigenvalue weighted by Gasteiger charge is -2.43. The van der Waals surface area contributed by atoms with Crippen LogP contribution in [0.2, 0.25) is 0 Å². The molecule has 3 aromatic heterocycles. The van der Waals surface area contributed by atoms with E-state index in [0.717, 1.165) is 23.6 Å². The van der Waals surface area contributed by atoms with Gasteiger partial charge >= 0.3 is 0 Å². The molecule has 2 atom stereocenters. The number of piperidine rings is 1. The van der Waals surface area contributed by atoms with Crippen molar-refractivity contribution in [1.82, 2.24) is 25.2 Å². The summed E-state index contributed by atoms with van der Waals surface area (Å²) >= 11 is 1.48. The molecule has 0 spiro atoms. The molecular weight excluding hydrogens is 554 g/mol. The van der Waals surface area contributed by atoms with Crippen LogP contribution in [0.4, 0.5) is 10.2 Å². The highest BCUT2D eigenvalue weighted by Gasteiger charge is 2.37. The number of aromatic nitrogens is 3. The summed E-state index contributed by atoms with van der Waals surface area (Å²) in [5.41, 5.74) is 1.46. The fourth-order valence-corrected chi connectivity index (χ4v) is 5.56. The average Bonchev–Trinajstić information content (AvgIpc) is 2.86. The molecule has 0 aromatic carbocycles. The first-order valence-corrected chi connectivity index (χ1v) is 12.9. The largest absolute Gasteiger partial charge is 0.481 e. The first-order chi connectivity index (χ1) is 17.3. The number of carbonyl (C=O) groups excluding carboxylic acids is 1. The van der Waals surface area contributed by atoms with Gasteiger partial charge in [0, 0.05) is 37.3 Å². The first kappa shape index (κ1) is 30.3. The second-order valence-electron chi connectivity index (χ2n) is 9.40. The first-order valence-electron chi connectivity index (χ1n) is 11.9. The number of carbonyl (C=O) groups is 1. The van der Waals surface area contributed by atoms with Crippen LogP contribution < -0.4 is 15.4 Å². The van der Waals surface area contributed by atoms with Crippen LogP contribution in [0.15, 0.2) is 35.4 Å². The number of amides is 1. The number of methoxy groups -OCH3 is 1. The fraction of sp³-hybridized carbons (Fsp3) is 0.440. The van der Waals surface area contributed by atoms with Crippen molar-refractivity contribution in [1.29, 1.82) is 0 Å². The number of β-amino-alcohol motifs (C(OH)–C–C–N with tert-alkyl or cyclic N) is 1. The Morgan fingerprint density at radius 3 is 2.87 bits per heavy atom. The Labute approximate surface area is 237 Å². The third kappa shape index (κ3) is 6.64. The van der Waals surface area contributed by atoms with E-state index in [9.17, 15) is 14.3 Å². The highest BCUT2D eigenvalue weighted by atomic mass is 35.5. The standard InChI is InChI=1S/C25H29FN6O3S.2ClH/c1-25(34)14-32(9-7-16-17(26)12-27-18-4-6-22(35-2)31-23(16)18)10-8-20(25)28-11-15-3-5-19-24(29-15)30-21(33)13-36-19;;/h3-6,12,20,28,34H,7-11,13-14H2,1-2H3,(H,29,30,33);2*1H/t20-,25+;;/m1../s1. The summed E-state index contributed by atoms with van der Waals surface area (Å²) in [5.74, 6) is 0.983. The Morgan fingerprint density at radius 1 is 1.29 bits per heavy atom. The molecule has 5 rings (SSSR count). The van der Waals surface area contributed by atoms with E-state index in [1.165, 1.54) is 25.1 Å². The van der Waals surface area contributed by atoms with E-state index < -0.39 is 11.4 Å². The summed E-state index contributed by atoms with van der Waals surface area (Å²) in [5, 5.41) is 17.5. The maximum Gasteiger partial charge on any atom is 0.235 e. The van der Waals surface area contributed by atoms with Crippen molar-refractivity contribution < 1.29 is 19.0 Å². The van der Waals surface area contributed by atoms with Crippen LogP contribution in [0.5, 0.6) is 5.88 Å². The fourth-order valence-electron chi connectivity index (χ4n) is 4.81. The SMILES string of the molecule is COc1ccc2ncc(F)c(CCN3CC[C@@H](NCc4ccc5c(n4)NC(=O)CS5)[C@@](C)(O)C3)c2n1.Cl.Cl. The molecule has 3 aromatic rings. The van der Waals surface area contributed by atoms with E-state index in [4.69, 9.17) is 4.74 Å². The zero-order valence-electron chi connectivity index (χ0n) is 21.1. The molecule has 0 aliphatic carbocycles. The lowest BCUT2D eigenvalue weighted by atomic mass is 9.88. The molecular formula is C25H31Cl2FN6O3S. The van der Waals surface area contributed by atoms with Gasteiger partial charge in [0.15, 0.2) is 0 Å². The summed E-state index contributed by atoms with van der Waals surface area (Å²) in [6.07, 6.45) is 2.41. The monoisotopic (exact) mass is 584 g/mol. The van der Waals surface area contributed by atoms with Crippen LogP contribution in [0.1, 0.15) is 24.6 Å². The Morgan fingerprint density at radius 2 is 2.11 bits per heavy atom.